The summed E-state index contributed by atoms with van der Waals surface area (Å²) in [7, 11) is 3.06. The van der Waals surface area contributed by atoms with E-state index in [1.165, 1.54) is 7.11 Å². The molecule has 0 spiro atoms. The summed E-state index contributed by atoms with van der Waals surface area (Å²) in [4.78, 5) is 16.9. The number of benzene rings is 2. The normalized spacial score (nSPS) is 11.0. The van der Waals surface area contributed by atoms with Crippen LogP contribution in [0.15, 0.2) is 78.0 Å². The molecule has 0 aliphatic carbocycles. The van der Waals surface area contributed by atoms with Gasteiger partial charge in [0.25, 0.3) is 5.91 Å². The van der Waals surface area contributed by atoms with E-state index in [2.05, 4.69) is 15.5 Å². The summed E-state index contributed by atoms with van der Waals surface area (Å²) < 4.78 is 10.4. The molecule has 136 valence electrons. The van der Waals surface area contributed by atoms with Crippen LogP contribution >= 0.6 is 0 Å². The van der Waals surface area contributed by atoms with Gasteiger partial charge in [-0.1, -0.05) is 36.4 Å². The number of amides is 1. The summed E-state index contributed by atoms with van der Waals surface area (Å²) in [5, 5.41) is 4.32. The van der Waals surface area contributed by atoms with Crippen molar-refractivity contribution in [3.8, 4) is 11.5 Å². The molecule has 1 heterocycles. The molecule has 0 aliphatic rings. The molecule has 0 aliphatic heterocycles. The van der Waals surface area contributed by atoms with Crippen molar-refractivity contribution in [2.45, 2.75) is 0 Å². The fourth-order valence-electron chi connectivity index (χ4n) is 2.52. The highest BCUT2D eigenvalue weighted by Crippen LogP contribution is 2.27. The van der Waals surface area contributed by atoms with Gasteiger partial charge in [0.1, 0.15) is 5.71 Å². The Morgan fingerprint density at radius 1 is 0.889 bits per heavy atom. The van der Waals surface area contributed by atoms with Crippen molar-refractivity contribution in [1.29, 1.82) is 0 Å². The fraction of sp³-hybridized carbons (Fsp3) is 0.0952. The molecule has 0 saturated carbocycles. The maximum Gasteiger partial charge on any atom is 0.271 e. The average molecular weight is 361 g/mol. The third-order valence-corrected chi connectivity index (χ3v) is 3.87. The quantitative estimate of drug-likeness (QED) is 0.540. The number of aromatic nitrogens is 1. The van der Waals surface area contributed by atoms with Crippen molar-refractivity contribution in [2.24, 2.45) is 5.10 Å². The summed E-state index contributed by atoms with van der Waals surface area (Å²) in [6, 6.07) is 20.0. The Hall–Kier alpha value is -3.67. The monoisotopic (exact) mass is 361 g/mol. The van der Waals surface area contributed by atoms with E-state index in [-0.39, 0.29) is 5.91 Å². The number of carbonyl (C=O) groups is 1. The van der Waals surface area contributed by atoms with Gasteiger partial charge in [-0.15, -0.1) is 0 Å². The number of ether oxygens (including phenoxy) is 2. The Bertz CT molecular complexity index is 900. The first-order chi connectivity index (χ1) is 13.2. The van der Waals surface area contributed by atoms with E-state index in [1.807, 2.05) is 48.5 Å². The molecule has 0 radical (unpaired) electrons. The van der Waals surface area contributed by atoms with Crippen molar-refractivity contribution in [1.82, 2.24) is 10.4 Å². The van der Waals surface area contributed by atoms with Crippen LogP contribution < -0.4 is 14.9 Å². The first-order valence-corrected chi connectivity index (χ1v) is 8.30. The first-order valence-electron chi connectivity index (χ1n) is 8.30. The average Bonchev–Trinajstić information content (AvgIpc) is 2.74. The van der Waals surface area contributed by atoms with Gasteiger partial charge in [-0.3, -0.25) is 9.78 Å². The van der Waals surface area contributed by atoms with Gasteiger partial charge in [0.15, 0.2) is 11.5 Å². The number of nitrogens with zero attached hydrogens (tertiary/aromatic N) is 2. The van der Waals surface area contributed by atoms with Crippen LogP contribution in [0.25, 0.3) is 0 Å². The third kappa shape index (κ3) is 4.30. The number of hydrazone groups is 1. The number of carbonyl (C=O) groups excluding carboxylic acids is 1. The molecule has 0 unspecified atom stereocenters. The molecule has 6 nitrogen and oxygen atoms in total. The van der Waals surface area contributed by atoms with Gasteiger partial charge >= 0.3 is 0 Å². The topological polar surface area (TPSA) is 72.8 Å². The van der Waals surface area contributed by atoms with Crippen LogP contribution in [-0.2, 0) is 0 Å². The number of hydrogen-bond acceptors (Lipinski definition) is 5. The minimum atomic E-state index is -0.361. The van der Waals surface area contributed by atoms with E-state index in [0.29, 0.717) is 28.5 Å². The molecule has 3 aromatic rings. The molecule has 27 heavy (non-hydrogen) atoms. The van der Waals surface area contributed by atoms with E-state index < -0.39 is 0 Å². The smallest absolute Gasteiger partial charge is 0.271 e. The second-order valence-corrected chi connectivity index (χ2v) is 5.55. The lowest BCUT2D eigenvalue weighted by atomic mass is 10.1. The zero-order chi connectivity index (χ0) is 19.1. The van der Waals surface area contributed by atoms with Crippen molar-refractivity contribution in [3.05, 3.63) is 89.7 Å². The van der Waals surface area contributed by atoms with Crippen LogP contribution in [0.2, 0.25) is 0 Å². The lowest BCUT2D eigenvalue weighted by molar-refractivity contribution is 0.0954. The van der Waals surface area contributed by atoms with Gasteiger partial charge in [-0.05, 0) is 30.3 Å². The molecule has 2 aromatic carbocycles. The number of pyridine rings is 1. The highest BCUT2D eigenvalue weighted by molar-refractivity contribution is 6.12. The van der Waals surface area contributed by atoms with E-state index in [4.69, 9.17) is 9.47 Å². The molecule has 0 bridgehead atoms. The highest BCUT2D eigenvalue weighted by atomic mass is 16.5. The van der Waals surface area contributed by atoms with Gasteiger partial charge < -0.3 is 9.47 Å². The standard InChI is InChI=1S/C21H19N3O3/c1-26-18-12-11-16(14-19(18)27-2)21(25)24-23-20(15-8-4-3-5-9-15)17-10-6-7-13-22-17/h3-14H,1-2H3,(H,24,25)/b23-20+. The molecule has 6 heteroatoms. The summed E-state index contributed by atoms with van der Waals surface area (Å²) in [6.07, 6.45) is 1.68. The lowest BCUT2D eigenvalue weighted by Gasteiger charge is -2.10. The number of nitrogens with one attached hydrogen (secondary N) is 1. The zero-order valence-electron chi connectivity index (χ0n) is 15.0. The van der Waals surface area contributed by atoms with Gasteiger partial charge in [0.2, 0.25) is 0 Å². The molecule has 1 N–H and O–H groups in total. The number of rotatable bonds is 6. The molecule has 1 amide bonds. The predicted octanol–water partition coefficient (Wildman–Crippen LogP) is 3.28. The maximum absolute atomic E-state index is 12.5. The predicted molar refractivity (Wildman–Crippen MR) is 103 cm³/mol. The Morgan fingerprint density at radius 3 is 2.30 bits per heavy atom. The van der Waals surface area contributed by atoms with Crippen molar-refractivity contribution >= 4 is 11.6 Å². The number of methoxy groups -OCH3 is 2. The van der Waals surface area contributed by atoms with E-state index in [9.17, 15) is 4.79 Å². The first kappa shape index (κ1) is 18.1. The zero-order valence-corrected chi connectivity index (χ0v) is 15.0. The third-order valence-electron chi connectivity index (χ3n) is 3.87. The molecule has 0 atom stereocenters. The molecule has 1 aromatic heterocycles. The van der Waals surface area contributed by atoms with Crippen LogP contribution in [0, 0.1) is 0 Å². The van der Waals surface area contributed by atoms with E-state index in [0.717, 1.165) is 5.56 Å². The second-order valence-electron chi connectivity index (χ2n) is 5.55. The SMILES string of the molecule is COc1ccc(C(=O)N/N=C(\c2ccccc2)c2ccccn2)cc1OC. The van der Waals surface area contributed by atoms with E-state index in [1.54, 1.807) is 31.5 Å². The molecule has 0 fully saturated rings. The Labute approximate surface area is 157 Å². The maximum atomic E-state index is 12.5. The van der Waals surface area contributed by atoms with Gasteiger partial charge in [-0.2, -0.15) is 5.10 Å². The van der Waals surface area contributed by atoms with Crippen molar-refractivity contribution in [2.75, 3.05) is 14.2 Å². The van der Waals surface area contributed by atoms with Crippen LogP contribution in [0.3, 0.4) is 0 Å². The van der Waals surface area contributed by atoms with Gasteiger partial charge in [0.05, 0.1) is 19.9 Å². The van der Waals surface area contributed by atoms with Gasteiger partial charge in [-0.25, -0.2) is 5.43 Å². The van der Waals surface area contributed by atoms with Crippen molar-refractivity contribution < 1.29 is 14.3 Å². The fourth-order valence-corrected chi connectivity index (χ4v) is 2.52. The Kier molecular flexibility index (Phi) is 5.79. The minimum absolute atomic E-state index is 0.361. The van der Waals surface area contributed by atoms with Crippen molar-refractivity contribution in [3.63, 3.8) is 0 Å². The Balaban J connectivity index is 1.90. The lowest BCUT2D eigenvalue weighted by Crippen LogP contribution is -2.21. The molecule has 3 rings (SSSR count). The Morgan fingerprint density at radius 2 is 1.63 bits per heavy atom. The molecular weight excluding hydrogens is 342 g/mol. The van der Waals surface area contributed by atoms with Crippen LogP contribution in [-0.4, -0.2) is 30.8 Å². The van der Waals surface area contributed by atoms with E-state index >= 15 is 0 Å². The minimum Gasteiger partial charge on any atom is -0.493 e. The summed E-state index contributed by atoms with van der Waals surface area (Å²) in [5.74, 6) is 0.665. The summed E-state index contributed by atoms with van der Waals surface area (Å²) in [6.45, 7) is 0. The molecular formula is C21H19N3O3. The largest absolute Gasteiger partial charge is 0.493 e. The number of hydrogen-bond donors (Lipinski definition) is 1. The second kappa shape index (κ2) is 8.62. The summed E-state index contributed by atoms with van der Waals surface area (Å²) >= 11 is 0. The van der Waals surface area contributed by atoms with Crippen LogP contribution in [0.4, 0.5) is 0 Å². The molecule has 0 saturated heterocycles. The summed E-state index contributed by atoms with van der Waals surface area (Å²) in [5.41, 5.74) is 5.09. The highest BCUT2D eigenvalue weighted by Gasteiger charge is 2.12. The van der Waals surface area contributed by atoms with Crippen LogP contribution in [0.1, 0.15) is 21.6 Å². The van der Waals surface area contributed by atoms with Gasteiger partial charge in [0, 0.05) is 17.3 Å². The van der Waals surface area contributed by atoms with Crippen LogP contribution in [0.5, 0.6) is 11.5 Å².